The first-order valence-corrected chi connectivity index (χ1v) is 7.50. The quantitative estimate of drug-likeness (QED) is 0.796. The number of hydrogen-bond acceptors (Lipinski definition) is 3. The summed E-state index contributed by atoms with van der Waals surface area (Å²) in [6, 6.07) is 17.0. The number of nitrogens with zero attached hydrogens (tertiary/aromatic N) is 2. The summed E-state index contributed by atoms with van der Waals surface area (Å²) in [7, 11) is 0. The summed E-state index contributed by atoms with van der Waals surface area (Å²) in [5, 5.41) is 3.50. The number of nitrogens with one attached hydrogen (secondary N) is 1. The molecule has 0 saturated carbocycles. The van der Waals surface area contributed by atoms with Crippen LogP contribution in [0.3, 0.4) is 0 Å². The van der Waals surface area contributed by atoms with Crippen LogP contribution in [0.1, 0.15) is 15.9 Å². The number of hydrogen-bond donors (Lipinski definition) is 1. The third-order valence-electron chi connectivity index (χ3n) is 3.31. The van der Waals surface area contributed by atoms with Crippen molar-refractivity contribution < 1.29 is 4.79 Å². The first-order valence-electron chi connectivity index (χ1n) is 7.12. The van der Waals surface area contributed by atoms with Gasteiger partial charge in [0.15, 0.2) is 5.82 Å². The minimum absolute atomic E-state index is 0.209. The highest BCUT2D eigenvalue weighted by Gasteiger charge is 2.08. The summed E-state index contributed by atoms with van der Waals surface area (Å²) in [4.78, 5) is 20.6. The van der Waals surface area contributed by atoms with Gasteiger partial charge in [-0.3, -0.25) is 4.79 Å². The third kappa shape index (κ3) is 3.93. The van der Waals surface area contributed by atoms with Crippen molar-refractivity contribution in [1.82, 2.24) is 15.3 Å². The van der Waals surface area contributed by atoms with Crippen LogP contribution in [0.2, 0.25) is 5.02 Å². The Morgan fingerprint density at radius 1 is 0.957 bits per heavy atom. The second kappa shape index (κ2) is 7.03. The Bertz CT molecular complexity index is 787. The molecule has 3 rings (SSSR count). The van der Waals surface area contributed by atoms with Crippen LogP contribution in [-0.2, 0) is 6.54 Å². The molecule has 5 heteroatoms. The summed E-state index contributed by atoms with van der Waals surface area (Å²) in [6.07, 6.45) is 3.07. The molecule has 1 aromatic heterocycles. The van der Waals surface area contributed by atoms with Crippen molar-refractivity contribution in [2.24, 2.45) is 0 Å². The van der Waals surface area contributed by atoms with Crippen molar-refractivity contribution >= 4 is 17.5 Å². The van der Waals surface area contributed by atoms with E-state index in [1.54, 1.807) is 12.1 Å². The highest BCUT2D eigenvalue weighted by Crippen LogP contribution is 2.13. The molecule has 0 aliphatic carbocycles. The zero-order valence-electron chi connectivity index (χ0n) is 12.2. The molecule has 1 heterocycles. The van der Waals surface area contributed by atoms with Gasteiger partial charge in [0.1, 0.15) is 0 Å². The Kier molecular flexibility index (Phi) is 4.64. The first-order chi connectivity index (χ1) is 11.2. The maximum absolute atomic E-state index is 12.1. The molecule has 2 aromatic carbocycles. The van der Waals surface area contributed by atoms with Gasteiger partial charge in [-0.15, -0.1) is 0 Å². The monoisotopic (exact) mass is 323 g/mol. The van der Waals surface area contributed by atoms with Crippen molar-refractivity contribution in [1.29, 1.82) is 0 Å². The van der Waals surface area contributed by atoms with Gasteiger partial charge in [0.05, 0.1) is 5.56 Å². The molecule has 1 N–H and O–H groups in total. The van der Waals surface area contributed by atoms with Crippen LogP contribution in [0.15, 0.2) is 67.0 Å². The lowest BCUT2D eigenvalue weighted by Gasteiger charge is -2.06. The molecular weight excluding hydrogens is 310 g/mol. The van der Waals surface area contributed by atoms with Gasteiger partial charge in [-0.2, -0.15) is 0 Å². The van der Waals surface area contributed by atoms with E-state index in [0.717, 1.165) is 11.1 Å². The normalized spacial score (nSPS) is 10.3. The van der Waals surface area contributed by atoms with Gasteiger partial charge in [-0.05, 0) is 17.7 Å². The predicted molar refractivity (Wildman–Crippen MR) is 90.1 cm³/mol. The maximum Gasteiger partial charge on any atom is 0.254 e. The van der Waals surface area contributed by atoms with Crippen molar-refractivity contribution in [3.63, 3.8) is 0 Å². The van der Waals surface area contributed by atoms with Crippen LogP contribution < -0.4 is 5.32 Å². The summed E-state index contributed by atoms with van der Waals surface area (Å²) >= 11 is 5.83. The van der Waals surface area contributed by atoms with Crippen molar-refractivity contribution in [2.75, 3.05) is 0 Å². The zero-order valence-corrected chi connectivity index (χ0v) is 13.0. The Morgan fingerprint density at radius 2 is 1.61 bits per heavy atom. The Balaban J connectivity index is 1.65. The molecule has 1 amide bonds. The van der Waals surface area contributed by atoms with Gasteiger partial charge in [0.2, 0.25) is 0 Å². The fraction of sp³-hybridized carbons (Fsp3) is 0.0556. The van der Waals surface area contributed by atoms with Crippen LogP contribution in [0.4, 0.5) is 0 Å². The van der Waals surface area contributed by atoms with E-state index >= 15 is 0 Å². The molecule has 4 nitrogen and oxygen atoms in total. The molecule has 114 valence electrons. The van der Waals surface area contributed by atoms with Crippen molar-refractivity contribution in [3.8, 4) is 11.4 Å². The molecule has 0 radical (unpaired) electrons. The highest BCUT2D eigenvalue weighted by molar-refractivity contribution is 6.30. The Morgan fingerprint density at radius 3 is 2.26 bits per heavy atom. The fourth-order valence-corrected chi connectivity index (χ4v) is 2.19. The largest absolute Gasteiger partial charge is 0.348 e. The summed E-state index contributed by atoms with van der Waals surface area (Å²) in [6.45, 7) is 0.427. The SMILES string of the molecule is O=C(NCc1ccc(Cl)cc1)c1cnc(-c2ccccc2)nc1. The predicted octanol–water partition coefficient (Wildman–Crippen LogP) is 3.73. The topological polar surface area (TPSA) is 54.9 Å². The molecule has 0 saturated heterocycles. The third-order valence-corrected chi connectivity index (χ3v) is 3.56. The molecule has 3 aromatic rings. The van der Waals surface area contributed by atoms with E-state index in [1.165, 1.54) is 12.4 Å². The smallest absolute Gasteiger partial charge is 0.254 e. The van der Waals surface area contributed by atoms with E-state index in [4.69, 9.17) is 11.6 Å². The number of rotatable bonds is 4. The van der Waals surface area contributed by atoms with Crippen LogP contribution in [0, 0.1) is 0 Å². The number of carbonyl (C=O) groups excluding carboxylic acids is 1. The molecule has 0 unspecified atom stereocenters. The molecule has 0 spiro atoms. The molecule has 0 atom stereocenters. The molecule has 0 aliphatic heterocycles. The van der Waals surface area contributed by atoms with Gasteiger partial charge in [0, 0.05) is 29.5 Å². The number of benzene rings is 2. The standard InChI is InChI=1S/C18H14ClN3O/c19-16-8-6-13(7-9-16)10-22-18(23)15-11-20-17(21-12-15)14-4-2-1-3-5-14/h1-9,11-12H,10H2,(H,22,23). The number of amides is 1. The lowest BCUT2D eigenvalue weighted by atomic mass is 10.2. The average Bonchev–Trinajstić information content (AvgIpc) is 2.62. The van der Waals surface area contributed by atoms with E-state index in [-0.39, 0.29) is 5.91 Å². The molecular formula is C18H14ClN3O. The zero-order chi connectivity index (χ0) is 16.1. The van der Waals surface area contributed by atoms with Crippen molar-refractivity contribution in [2.45, 2.75) is 6.54 Å². The molecule has 0 bridgehead atoms. The average molecular weight is 324 g/mol. The minimum atomic E-state index is -0.209. The number of halogens is 1. The molecule has 0 aliphatic rings. The second-order valence-corrected chi connectivity index (χ2v) is 5.41. The maximum atomic E-state index is 12.1. The first kappa shape index (κ1) is 15.2. The van der Waals surface area contributed by atoms with Gasteiger partial charge < -0.3 is 5.32 Å². The van der Waals surface area contributed by atoms with Crippen LogP contribution in [-0.4, -0.2) is 15.9 Å². The van der Waals surface area contributed by atoms with Crippen LogP contribution in [0.25, 0.3) is 11.4 Å². The van der Waals surface area contributed by atoms with E-state index in [1.807, 2.05) is 42.5 Å². The summed E-state index contributed by atoms with van der Waals surface area (Å²) < 4.78 is 0. The number of carbonyl (C=O) groups is 1. The van der Waals surface area contributed by atoms with Gasteiger partial charge in [-0.25, -0.2) is 9.97 Å². The Labute approximate surface area is 139 Å². The van der Waals surface area contributed by atoms with E-state index in [0.29, 0.717) is 23.0 Å². The summed E-state index contributed by atoms with van der Waals surface area (Å²) in [5.74, 6) is 0.388. The van der Waals surface area contributed by atoms with E-state index in [2.05, 4.69) is 15.3 Å². The highest BCUT2D eigenvalue weighted by atomic mass is 35.5. The lowest BCUT2D eigenvalue weighted by molar-refractivity contribution is 0.0950. The molecule has 0 fully saturated rings. The van der Waals surface area contributed by atoms with Gasteiger partial charge in [-0.1, -0.05) is 54.1 Å². The van der Waals surface area contributed by atoms with Crippen LogP contribution >= 0.6 is 11.6 Å². The summed E-state index contributed by atoms with van der Waals surface area (Å²) in [5.41, 5.74) is 2.32. The van der Waals surface area contributed by atoms with Crippen LogP contribution in [0.5, 0.6) is 0 Å². The van der Waals surface area contributed by atoms with Crippen molar-refractivity contribution in [3.05, 3.63) is 83.1 Å². The van der Waals surface area contributed by atoms with Gasteiger partial charge in [0.25, 0.3) is 5.91 Å². The fourth-order valence-electron chi connectivity index (χ4n) is 2.07. The van der Waals surface area contributed by atoms with E-state index in [9.17, 15) is 4.79 Å². The second-order valence-electron chi connectivity index (χ2n) is 4.97. The molecule has 23 heavy (non-hydrogen) atoms. The number of aromatic nitrogens is 2. The van der Waals surface area contributed by atoms with Gasteiger partial charge >= 0.3 is 0 Å². The Hall–Kier alpha value is -2.72. The minimum Gasteiger partial charge on any atom is -0.348 e. The van der Waals surface area contributed by atoms with E-state index < -0.39 is 0 Å². The lowest BCUT2D eigenvalue weighted by Crippen LogP contribution is -2.23.